The van der Waals surface area contributed by atoms with E-state index in [0.717, 1.165) is 41.5 Å². The van der Waals surface area contributed by atoms with Crippen LogP contribution in [0.2, 0.25) is 0 Å². The molecule has 6 nitrogen and oxygen atoms in total. The highest BCUT2D eigenvalue weighted by Crippen LogP contribution is 2.23. The number of esters is 1. The fourth-order valence-electron chi connectivity index (χ4n) is 3.83. The van der Waals surface area contributed by atoms with Crippen LogP contribution in [-0.4, -0.2) is 36.6 Å². The number of benzene rings is 1. The maximum absolute atomic E-state index is 12.6. The first kappa shape index (κ1) is 18.3. The Labute approximate surface area is 153 Å². The van der Waals surface area contributed by atoms with E-state index in [1.54, 1.807) is 6.92 Å². The highest BCUT2D eigenvalue weighted by Gasteiger charge is 2.29. The summed E-state index contributed by atoms with van der Waals surface area (Å²) in [6, 6.07) is 7.82. The van der Waals surface area contributed by atoms with E-state index < -0.39 is 0 Å². The van der Waals surface area contributed by atoms with Gasteiger partial charge in [0.15, 0.2) is 0 Å². The van der Waals surface area contributed by atoms with Crippen molar-refractivity contribution in [3.05, 3.63) is 41.1 Å². The standard InChI is InChI=1S/C20H25N3O3/c1-3-26-20(25)18-13(2)15-8-4-5-9-16(15)22-17(18)12-23-10-6-7-14(11-23)19(21)24/h4-5,8-9,14H,3,6-7,10-12H2,1-2H3,(H2,21,24)/p+1/t14-/m1/s1. The van der Waals surface area contributed by atoms with Crippen molar-refractivity contribution in [2.24, 2.45) is 11.7 Å². The van der Waals surface area contributed by atoms with Crippen LogP contribution in [-0.2, 0) is 16.1 Å². The molecule has 1 aromatic heterocycles. The first-order valence-corrected chi connectivity index (χ1v) is 9.19. The fourth-order valence-corrected chi connectivity index (χ4v) is 3.83. The van der Waals surface area contributed by atoms with Crippen LogP contribution in [0.1, 0.15) is 41.4 Å². The minimum atomic E-state index is -0.332. The van der Waals surface area contributed by atoms with E-state index in [2.05, 4.69) is 0 Å². The molecule has 1 fully saturated rings. The number of pyridine rings is 1. The van der Waals surface area contributed by atoms with Gasteiger partial charge in [0.1, 0.15) is 12.2 Å². The number of nitrogens with two attached hydrogens (primary N) is 1. The lowest BCUT2D eigenvalue weighted by atomic mass is 9.96. The maximum atomic E-state index is 12.6. The lowest BCUT2D eigenvalue weighted by Gasteiger charge is -2.28. The van der Waals surface area contributed by atoms with E-state index >= 15 is 0 Å². The molecule has 3 rings (SSSR count). The quantitative estimate of drug-likeness (QED) is 0.783. The predicted octanol–water partition coefficient (Wildman–Crippen LogP) is 1.00. The number of carbonyl (C=O) groups is 2. The molecule has 1 saturated heterocycles. The zero-order chi connectivity index (χ0) is 18.7. The highest BCUT2D eigenvalue weighted by atomic mass is 16.5. The Morgan fingerprint density at radius 2 is 2.12 bits per heavy atom. The summed E-state index contributed by atoms with van der Waals surface area (Å²) in [6.45, 7) is 6.28. The van der Waals surface area contributed by atoms with Crippen LogP contribution in [0, 0.1) is 12.8 Å². The van der Waals surface area contributed by atoms with Gasteiger partial charge in [0.05, 0.1) is 36.7 Å². The smallest absolute Gasteiger partial charge is 0.340 e. The summed E-state index contributed by atoms with van der Waals surface area (Å²) in [5.41, 5.74) is 8.55. The van der Waals surface area contributed by atoms with Crippen LogP contribution in [0.4, 0.5) is 0 Å². The van der Waals surface area contributed by atoms with Gasteiger partial charge in [-0.1, -0.05) is 18.2 Å². The van der Waals surface area contributed by atoms with E-state index in [1.807, 2.05) is 31.2 Å². The number of hydrogen-bond donors (Lipinski definition) is 2. The van der Waals surface area contributed by atoms with E-state index in [9.17, 15) is 9.59 Å². The van der Waals surface area contributed by atoms with E-state index in [-0.39, 0.29) is 17.8 Å². The van der Waals surface area contributed by atoms with Crippen molar-refractivity contribution in [3.8, 4) is 0 Å². The van der Waals surface area contributed by atoms with Crippen LogP contribution < -0.4 is 10.6 Å². The van der Waals surface area contributed by atoms with Crippen molar-refractivity contribution >= 4 is 22.8 Å². The van der Waals surface area contributed by atoms with Crippen molar-refractivity contribution in [1.82, 2.24) is 4.98 Å². The molecule has 1 amide bonds. The summed E-state index contributed by atoms with van der Waals surface area (Å²) >= 11 is 0. The van der Waals surface area contributed by atoms with Gasteiger partial charge in [-0.2, -0.15) is 0 Å². The molecule has 0 spiro atoms. The summed E-state index contributed by atoms with van der Waals surface area (Å²) in [5, 5.41) is 0.961. The summed E-state index contributed by atoms with van der Waals surface area (Å²) in [6.07, 6.45) is 1.79. The third-order valence-electron chi connectivity index (χ3n) is 5.14. The molecule has 1 unspecified atom stereocenters. The van der Waals surface area contributed by atoms with Crippen LogP contribution in [0.5, 0.6) is 0 Å². The molecule has 1 aliphatic heterocycles. The molecular weight excluding hydrogens is 330 g/mol. The van der Waals surface area contributed by atoms with Crippen LogP contribution in [0.15, 0.2) is 24.3 Å². The lowest BCUT2D eigenvalue weighted by molar-refractivity contribution is -0.921. The highest BCUT2D eigenvalue weighted by molar-refractivity contribution is 5.98. The zero-order valence-electron chi connectivity index (χ0n) is 15.4. The third-order valence-corrected chi connectivity index (χ3v) is 5.14. The number of amides is 1. The van der Waals surface area contributed by atoms with Gasteiger partial charge < -0.3 is 15.4 Å². The average Bonchev–Trinajstić information content (AvgIpc) is 2.62. The third kappa shape index (κ3) is 3.70. The molecule has 0 radical (unpaired) electrons. The average molecular weight is 356 g/mol. The lowest BCUT2D eigenvalue weighted by Crippen LogP contribution is -3.12. The molecule has 2 aromatic rings. The Bertz CT molecular complexity index is 834. The molecule has 1 aromatic carbocycles. The van der Waals surface area contributed by atoms with Crippen LogP contribution >= 0.6 is 0 Å². The first-order valence-electron chi connectivity index (χ1n) is 9.19. The summed E-state index contributed by atoms with van der Waals surface area (Å²) in [7, 11) is 0. The monoisotopic (exact) mass is 356 g/mol. The minimum Gasteiger partial charge on any atom is -0.462 e. The number of ether oxygens (including phenoxy) is 1. The van der Waals surface area contributed by atoms with Crippen LogP contribution in [0.3, 0.4) is 0 Å². The Hall–Kier alpha value is -2.47. The van der Waals surface area contributed by atoms with Gasteiger partial charge in [0, 0.05) is 5.39 Å². The molecule has 0 saturated carbocycles. The fraction of sp³-hybridized carbons (Fsp3) is 0.450. The Kier molecular flexibility index (Phi) is 5.52. The van der Waals surface area contributed by atoms with Gasteiger partial charge in [-0.25, -0.2) is 9.78 Å². The number of aryl methyl sites for hydroxylation is 1. The van der Waals surface area contributed by atoms with Crippen molar-refractivity contribution in [2.75, 3.05) is 19.7 Å². The number of quaternary nitrogens is 1. The molecular formula is C20H26N3O3+. The Balaban J connectivity index is 1.99. The zero-order valence-corrected chi connectivity index (χ0v) is 15.4. The van der Waals surface area contributed by atoms with E-state index in [1.165, 1.54) is 4.90 Å². The molecule has 26 heavy (non-hydrogen) atoms. The molecule has 3 N–H and O–H groups in total. The normalized spacial score (nSPS) is 20.1. The molecule has 1 aliphatic rings. The summed E-state index contributed by atoms with van der Waals surface area (Å²) in [5.74, 6) is -0.678. The SMILES string of the molecule is CCOC(=O)c1c(C[NH+]2CCC[C@@H](C(N)=O)C2)nc2ccccc2c1C. The van der Waals surface area contributed by atoms with Crippen molar-refractivity contribution in [1.29, 1.82) is 0 Å². The molecule has 0 bridgehead atoms. The number of para-hydroxylation sites is 1. The summed E-state index contributed by atoms with van der Waals surface area (Å²) in [4.78, 5) is 30.2. The topological polar surface area (TPSA) is 86.7 Å². The second kappa shape index (κ2) is 7.83. The second-order valence-electron chi connectivity index (χ2n) is 6.92. The van der Waals surface area contributed by atoms with Gasteiger partial charge in [0.2, 0.25) is 5.91 Å². The number of likely N-dealkylation sites (tertiary alicyclic amines) is 1. The number of hydrogen-bond acceptors (Lipinski definition) is 4. The summed E-state index contributed by atoms with van der Waals surface area (Å²) < 4.78 is 5.28. The van der Waals surface area contributed by atoms with Gasteiger partial charge >= 0.3 is 5.97 Å². The van der Waals surface area contributed by atoms with Crippen molar-refractivity contribution in [3.63, 3.8) is 0 Å². The van der Waals surface area contributed by atoms with E-state index in [4.69, 9.17) is 15.5 Å². The van der Waals surface area contributed by atoms with Gasteiger partial charge in [-0.3, -0.25) is 4.79 Å². The maximum Gasteiger partial charge on any atom is 0.340 e. The van der Waals surface area contributed by atoms with Crippen molar-refractivity contribution in [2.45, 2.75) is 33.2 Å². The number of carbonyl (C=O) groups excluding carboxylic acids is 2. The number of fused-ring (bicyclic) bond motifs is 1. The Morgan fingerprint density at radius 3 is 2.85 bits per heavy atom. The molecule has 2 atom stereocenters. The second-order valence-corrected chi connectivity index (χ2v) is 6.92. The van der Waals surface area contributed by atoms with E-state index in [0.29, 0.717) is 25.3 Å². The number of piperidine rings is 1. The molecule has 138 valence electrons. The number of aromatic nitrogens is 1. The van der Waals surface area contributed by atoms with Gasteiger partial charge in [-0.05, 0) is 38.3 Å². The number of nitrogens with zero attached hydrogens (tertiary/aromatic N) is 1. The van der Waals surface area contributed by atoms with Gasteiger partial charge in [-0.15, -0.1) is 0 Å². The number of rotatable bonds is 5. The minimum absolute atomic E-state index is 0.105. The molecule has 2 heterocycles. The molecule has 6 heteroatoms. The van der Waals surface area contributed by atoms with Crippen molar-refractivity contribution < 1.29 is 19.2 Å². The predicted molar refractivity (Wildman–Crippen MR) is 98.8 cm³/mol. The largest absolute Gasteiger partial charge is 0.462 e. The Morgan fingerprint density at radius 1 is 1.35 bits per heavy atom. The number of primary amides is 1. The number of nitrogens with one attached hydrogen (secondary N) is 1. The first-order chi connectivity index (χ1) is 12.5. The van der Waals surface area contributed by atoms with Gasteiger partial charge in [0.25, 0.3) is 0 Å². The molecule has 0 aliphatic carbocycles. The van der Waals surface area contributed by atoms with Crippen LogP contribution in [0.25, 0.3) is 10.9 Å².